The van der Waals surface area contributed by atoms with Crippen LogP contribution in [0.4, 0.5) is 5.69 Å². The van der Waals surface area contributed by atoms with Crippen LogP contribution in [0.25, 0.3) is 0 Å². The van der Waals surface area contributed by atoms with Crippen LogP contribution >= 0.6 is 0 Å². The Morgan fingerprint density at radius 3 is 2.10 bits per heavy atom. The lowest BCUT2D eigenvalue weighted by Gasteiger charge is -2.23. The fraction of sp³-hybridized carbons (Fsp3) is 0.174. The zero-order valence-electron chi connectivity index (χ0n) is 16.5. The summed E-state index contributed by atoms with van der Waals surface area (Å²) in [5, 5.41) is 2.88. The van der Waals surface area contributed by atoms with Crippen molar-refractivity contribution in [3.8, 4) is 0 Å². The number of nitrogens with zero attached hydrogens (tertiary/aromatic N) is 1. The zero-order valence-corrected chi connectivity index (χ0v) is 17.3. The van der Waals surface area contributed by atoms with Crippen molar-refractivity contribution < 1.29 is 13.2 Å². The minimum absolute atomic E-state index is 0.203. The molecule has 3 rings (SSSR count). The molecule has 3 aromatic carbocycles. The maximum Gasteiger partial charge on any atom is 0.264 e. The first-order valence-electron chi connectivity index (χ1n) is 9.43. The van der Waals surface area contributed by atoms with E-state index in [-0.39, 0.29) is 17.3 Å². The number of hydrogen-bond acceptors (Lipinski definition) is 3. The summed E-state index contributed by atoms with van der Waals surface area (Å²) in [6.45, 7) is 4.52. The molecule has 0 aliphatic carbocycles. The van der Waals surface area contributed by atoms with Crippen molar-refractivity contribution in [3.05, 3.63) is 95.6 Å². The molecule has 0 atom stereocenters. The molecule has 1 N–H and O–H groups in total. The molecule has 0 unspecified atom stereocenters. The number of amides is 1. The van der Waals surface area contributed by atoms with Crippen molar-refractivity contribution in [1.29, 1.82) is 0 Å². The zero-order chi connectivity index (χ0) is 20.9. The van der Waals surface area contributed by atoms with E-state index in [9.17, 15) is 13.2 Å². The molecule has 0 aliphatic heterocycles. The fourth-order valence-corrected chi connectivity index (χ4v) is 4.48. The van der Waals surface area contributed by atoms with Gasteiger partial charge in [-0.2, -0.15) is 0 Å². The molecule has 0 radical (unpaired) electrons. The van der Waals surface area contributed by atoms with Crippen LogP contribution in [-0.4, -0.2) is 20.9 Å². The largest absolute Gasteiger partial charge is 0.348 e. The van der Waals surface area contributed by atoms with Gasteiger partial charge in [0.1, 0.15) is 0 Å². The predicted octanol–water partition coefficient (Wildman–Crippen LogP) is 4.14. The number of rotatable bonds is 7. The Kier molecular flexibility index (Phi) is 6.34. The third kappa shape index (κ3) is 4.84. The van der Waals surface area contributed by atoms with Crippen LogP contribution < -0.4 is 9.62 Å². The highest BCUT2D eigenvalue weighted by molar-refractivity contribution is 7.92. The molecule has 150 valence electrons. The van der Waals surface area contributed by atoms with Crippen LogP contribution in [0.3, 0.4) is 0 Å². The topological polar surface area (TPSA) is 66.5 Å². The Balaban J connectivity index is 1.72. The van der Waals surface area contributed by atoms with Gasteiger partial charge in [-0.05, 0) is 55.8 Å². The van der Waals surface area contributed by atoms with E-state index in [4.69, 9.17) is 0 Å². The number of carbonyl (C=O) groups is 1. The second kappa shape index (κ2) is 8.92. The lowest BCUT2D eigenvalue weighted by molar-refractivity contribution is 0.0951. The van der Waals surface area contributed by atoms with Gasteiger partial charge in [-0.1, -0.05) is 48.0 Å². The van der Waals surface area contributed by atoms with Gasteiger partial charge in [0.05, 0.1) is 10.6 Å². The van der Waals surface area contributed by atoms with Gasteiger partial charge in [0.2, 0.25) is 0 Å². The number of hydrogen-bond donors (Lipinski definition) is 1. The van der Waals surface area contributed by atoms with E-state index >= 15 is 0 Å². The monoisotopic (exact) mass is 408 g/mol. The maximum absolute atomic E-state index is 12.9. The van der Waals surface area contributed by atoms with Crippen LogP contribution in [0.15, 0.2) is 83.8 Å². The quantitative estimate of drug-likeness (QED) is 0.639. The van der Waals surface area contributed by atoms with Crippen molar-refractivity contribution >= 4 is 21.6 Å². The molecule has 6 heteroatoms. The highest BCUT2D eigenvalue weighted by Gasteiger charge is 2.23. The molecule has 0 saturated carbocycles. The van der Waals surface area contributed by atoms with Gasteiger partial charge in [-0.25, -0.2) is 8.42 Å². The number of aryl methyl sites for hydroxylation is 1. The van der Waals surface area contributed by atoms with Gasteiger partial charge in [0, 0.05) is 18.7 Å². The van der Waals surface area contributed by atoms with Crippen molar-refractivity contribution in [1.82, 2.24) is 5.32 Å². The molecule has 0 heterocycles. The summed E-state index contributed by atoms with van der Waals surface area (Å²) in [5.41, 5.74) is 3.19. The van der Waals surface area contributed by atoms with Crippen LogP contribution in [0.1, 0.15) is 28.4 Å². The van der Waals surface area contributed by atoms with Crippen molar-refractivity contribution in [2.45, 2.75) is 25.3 Å². The lowest BCUT2D eigenvalue weighted by atomic mass is 10.1. The molecule has 0 saturated heterocycles. The number of sulfonamides is 1. The summed E-state index contributed by atoms with van der Waals surface area (Å²) in [6, 6.07) is 22.9. The summed E-state index contributed by atoms with van der Waals surface area (Å²) >= 11 is 0. The van der Waals surface area contributed by atoms with E-state index in [0.29, 0.717) is 17.8 Å². The van der Waals surface area contributed by atoms with E-state index in [1.807, 2.05) is 31.2 Å². The average molecular weight is 409 g/mol. The molecule has 0 aliphatic rings. The van der Waals surface area contributed by atoms with Crippen LogP contribution in [-0.2, 0) is 16.6 Å². The van der Waals surface area contributed by atoms with Crippen LogP contribution in [0.5, 0.6) is 0 Å². The van der Waals surface area contributed by atoms with E-state index in [1.54, 1.807) is 61.5 Å². The lowest BCUT2D eigenvalue weighted by Crippen LogP contribution is -2.30. The van der Waals surface area contributed by atoms with Crippen LogP contribution in [0.2, 0.25) is 0 Å². The molecule has 29 heavy (non-hydrogen) atoms. The van der Waals surface area contributed by atoms with Gasteiger partial charge in [0.15, 0.2) is 0 Å². The van der Waals surface area contributed by atoms with Crippen molar-refractivity contribution in [2.75, 3.05) is 10.8 Å². The minimum atomic E-state index is -3.65. The third-order valence-electron chi connectivity index (χ3n) is 4.61. The van der Waals surface area contributed by atoms with Crippen LogP contribution in [0, 0.1) is 6.92 Å². The van der Waals surface area contributed by atoms with E-state index in [2.05, 4.69) is 5.32 Å². The average Bonchev–Trinajstić information content (AvgIpc) is 2.74. The van der Waals surface area contributed by atoms with Gasteiger partial charge in [-0.3, -0.25) is 9.10 Å². The number of carbonyl (C=O) groups excluding carboxylic acids is 1. The molecule has 0 aromatic heterocycles. The number of benzene rings is 3. The second-order valence-electron chi connectivity index (χ2n) is 6.70. The van der Waals surface area contributed by atoms with Crippen molar-refractivity contribution in [3.63, 3.8) is 0 Å². The first-order chi connectivity index (χ1) is 13.9. The molecular weight excluding hydrogens is 384 g/mol. The Bertz CT molecular complexity index is 1060. The first-order valence-corrected chi connectivity index (χ1v) is 10.9. The van der Waals surface area contributed by atoms with Gasteiger partial charge < -0.3 is 5.32 Å². The van der Waals surface area contributed by atoms with E-state index in [1.165, 1.54) is 9.87 Å². The highest BCUT2D eigenvalue weighted by Crippen LogP contribution is 2.23. The molecule has 0 spiro atoms. The molecule has 3 aromatic rings. The minimum Gasteiger partial charge on any atom is -0.348 e. The number of nitrogens with one attached hydrogen (secondary N) is 1. The van der Waals surface area contributed by atoms with E-state index < -0.39 is 10.0 Å². The van der Waals surface area contributed by atoms with Gasteiger partial charge in [0.25, 0.3) is 15.9 Å². The smallest absolute Gasteiger partial charge is 0.264 e. The summed E-state index contributed by atoms with van der Waals surface area (Å²) in [7, 11) is -3.65. The predicted molar refractivity (Wildman–Crippen MR) is 115 cm³/mol. The Morgan fingerprint density at radius 2 is 1.52 bits per heavy atom. The molecule has 0 fully saturated rings. The molecule has 0 bridgehead atoms. The summed E-state index contributed by atoms with van der Waals surface area (Å²) in [6.07, 6.45) is 0. The standard InChI is InChI=1S/C23H24N2O3S/c1-3-25(29(27,28)22-7-5-4-6-8-22)21-15-13-20(14-16-21)23(26)24-17-19-11-9-18(2)10-12-19/h4-16H,3,17H2,1-2H3,(H,24,26). The molecular formula is C23H24N2O3S. The molecule has 1 amide bonds. The highest BCUT2D eigenvalue weighted by atomic mass is 32.2. The maximum atomic E-state index is 12.9. The third-order valence-corrected chi connectivity index (χ3v) is 6.53. The summed E-state index contributed by atoms with van der Waals surface area (Å²) in [5.74, 6) is -0.203. The van der Waals surface area contributed by atoms with Crippen molar-refractivity contribution in [2.24, 2.45) is 0 Å². The van der Waals surface area contributed by atoms with Gasteiger partial charge >= 0.3 is 0 Å². The first kappa shape index (κ1) is 20.6. The Labute approximate surface area is 172 Å². The number of anilines is 1. The molecule has 5 nitrogen and oxygen atoms in total. The fourth-order valence-electron chi connectivity index (χ4n) is 2.98. The van der Waals surface area contributed by atoms with Gasteiger partial charge in [-0.15, -0.1) is 0 Å². The SMILES string of the molecule is CCN(c1ccc(C(=O)NCc2ccc(C)cc2)cc1)S(=O)(=O)c1ccccc1. The normalized spacial score (nSPS) is 11.1. The second-order valence-corrected chi connectivity index (χ2v) is 8.56. The summed E-state index contributed by atoms with van der Waals surface area (Å²) in [4.78, 5) is 12.6. The van der Waals surface area contributed by atoms with E-state index in [0.717, 1.165) is 5.56 Å². The summed E-state index contributed by atoms with van der Waals surface area (Å²) < 4.78 is 27.2. The Morgan fingerprint density at radius 1 is 0.897 bits per heavy atom. The Hall–Kier alpha value is -3.12.